The molecule has 2 amide bonds. The van der Waals surface area contributed by atoms with Crippen LogP contribution in [0.15, 0.2) is 59.1 Å². The third kappa shape index (κ3) is 4.54. The molecule has 8 heteroatoms. The summed E-state index contributed by atoms with van der Waals surface area (Å²) < 4.78 is 8.21. The molecule has 1 aliphatic rings. The first-order valence-electron chi connectivity index (χ1n) is 9.65. The zero-order chi connectivity index (χ0) is 21.1. The predicted octanol–water partition coefficient (Wildman–Crippen LogP) is 4.09. The normalized spacial score (nSPS) is 13.5. The van der Waals surface area contributed by atoms with Gasteiger partial charge in [0, 0.05) is 29.2 Å². The number of halogens is 1. The van der Waals surface area contributed by atoms with Crippen molar-refractivity contribution in [3.05, 3.63) is 64.8 Å². The standard InChI is InChI=1S/C22H21BrN4O3/c1-15-12-20(27(25-15)18-5-2-4-16(23)13-18)24-21(28)14-30-19-9-7-17(8-10-19)26-11-3-6-22(26)29/h2,4-5,7-10,12-13H,3,6,11,14H2,1H3,(H,24,28). The molecular weight excluding hydrogens is 448 g/mol. The molecule has 0 bridgehead atoms. The van der Waals surface area contributed by atoms with E-state index in [-0.39, 0.29) is 18.4 Å². The van der Waals surface area contributed by atoms with E-state index in [1.165, 1.54) is 0 Å². The Bertz CT molecular complexity index is 1080. The first kappa shape index (κ1) is 20.2. The number of carbonyl (C=O) groups is 2. The maximum Gasteiger partial charge on any atom is 0.263 e. The number of carbonyl (C=O) groups excluding carboxylic acids is 2. The van der Waals surface area contributed by atoms with Crippen LogP contribution < -0.4 is 15.0 Å². The molecule has 154 valence electrons. The van der Waals surface area contributed by atoms with Crippen LogP contribution in [0.5, 0.6) is 5.75 Å². The predicted molar refractivity (Wildman–Crippen MR) is 118 cm³/mol. The van der Waals surface area contributed by atoms with E-state index in [0.717, 1.165) is 34.5 Å². The van der Waals surface area contributed by atoms with Gasteiger partial charge >= 0.3 is 0 Å². The number of hydrogen-bond acceptors (Lipinski definition) is 4. The topological polar surface area (TPSA) is 76.5 Å². The Morgan fingerprint density at radius 2 is 1.97 bits per heavy atom. The lowest BCUT2D eigenvalue weighted by Crippen LogP contribution is -2.23. The quantitative estimate of drug-likeness (QED) is 0.590. The van der Waals surface area contributed by atoms with E-state index in [2.05, 4.69) is 26.3 Å². The number of amides is 2. The molecule has 3 aromatic rings. The second kappa shape index (κ2) is 8.71. The van der Waals surface area contributed by atoms with Crippen LogP contribution in [0.1, 0.15) is 18.5 Å². The summed E-state index contributed by atoms with van der Waals surface area (Å²) in [5.74, 6) is 0.990. The minimum Gasteiger partial charge on any atom is -0.484 e. The van der Waals surface area contributed by atoms with Crippen LogP contribution in [0.4, 0.5) is 11.5 Å². The van der Waals surface area contributed by atoms with Gasteiger partial charge in [-0.3, -0.25) is 9.59 Å². The van der Waals surface area contributed by atoms with Crippen molar-refractivity contribution in [1.82, 2.24) is 9.78 Å². The summed E-state index contributed by atoms with van der Waals surface area (Å²) in [6.07, 6.45) is 1.47. The van der Waals surface area contributed by atoms with Crippen LogP contribution in [0.2, 0.25) is 0 Å². The van der Waals surface area contributed by atoms with E-state index in [9.17, 15) is 9.59 Å². The minimum atomic E-state index is -0.287. The van der Waals surface area contributed by atoms with Gasteiger partial charge in [-0.05, 0) is 55.8 Å². The van der Waals surface area contributed by atoms with Crippen molar-refractivity contribution in [2.45, 2.75) is 19.8 Å². The average Bonchev–Trinajstić information content (AvgIpc) is 3.32. The first-order chi connectivity index (χ1) is 14.5. The number of nitrogens with one attached hydrogen (secondary N) is 1. The molecular formula is C22H21BrN4O3. The monoisotopic (exact) mass is 468 g/mol. The number of rotatable bonds is 6. The Morgan fingerprint density at radius 1 is 1.17 bits per heavy atom. The molecule has 0 radical (unpaired) electrons. The Balaban J connectivity index is 1.38. The zero-order valence-corrected chi connectivity index (χ0v) is 18.1. The molecule has 0 unspecified atom stereocenters. The lowest BCUT2D eigenvalue weighted by molar-refractivity contribution is -0.118. The van der Waals surface area contributed by atoms with Crippen molar-refractivity contribution in [1.29, 1.82) is 0 Å². The lowest BCUT2D eigenvalue weighted by atomic mass is 10.3. The van der Waals surface area contributed by atoms with E-state index >= 15 is 0 Å². The van der Waals surface area contributed by atoms with Gasteiger partial charge < -0.3 is 15.0 Å². The van der Waals surface area contributed by atoms with Crippen LogP contribution in [0, 0.1) is 6.92 Å². The molecule has 1 fully saturated rings. The molecule has 30 heavy (non-hydrogen) atoms. The summed E-state index contributed by atoms with van der Waals surface area (Å²) in [4.78, 5) is 26.0. The second-order valence-corrected chi connectivity index (χ2v) is 7.96. The number of anilines is 2. The average molecular weight is 469 g/mol. The van der Waals surface area contributed by atoms with E-state index in [1.54, 1.807) is 27.8 Å². The number of aromatic nitrogens is 2. The number of aryl methyl sites for hydroxylation is 1. The Morgan fingerprint density at radius 3 is 2.67 bits per heavy atom. The van der Waals surface area contributed by atoms with Gasteiger partial charge in [0.15, 0.2) is 6.61 Å². The first-order valence-corrected chi connectivity index (χ1v) is 10.4. The molecule has 7 nitrogen and oxygen atoms in total. The van der Waals surface area contributed by atoms with Crippen molar-refractivity contribution < 1.29 is 14.3 Å². The number of nitrogens with zero attached hydrogens (tertiary/aromatic N) is 3. The van der Waals surface area contributed by atoms with Crippen molar-refractivity contribution in [3.63, 3.8) is 0 Å². The van der Waals surface area contributed by atoms with Crippen molar-refractivity contribution in [2.75, 3.05) is 23.4 Å². The van der Waals surface area contributed by atoms with Crippen molar-refractivity contribution >= 4 is 39.2 Å². The van der Waals surface area contributed by atoms with Crippen LogP contribution in [0.25, 0.3) is 5.69 Å². The zero-order valence-electron chi connectivity index (χ0n) is 16.5. The van der Waals surface area contributed by atoms with Gasteiger partial charge in [0.25, 0.3) is 5.91 Å². The second-order valence-electron chi connectivity index (χ2n) is 7.04. The lowest BCUT2D eigenvalue weighted by Gasteiger charge is -2.16. The fourth-order valence-corrected chi connectivity index (χ4v) is 3.75. The van der Waals surface area contributed by atoms with E-state index in [4.69, 9.17) is 4.74 Å². The van der Waals surface area contributed by atoms with E-state index < -0.39 is 0 Å². The molecule has 0 saturated carbocycles. The third-order valence-electron chi connectivity index (χ3n) is 4.74. The van der Waals surface area contributed by atoms with Gasteiger partial charge in [-0.1, -0.05) is 22.0 Å². The highest BCUT2D eigenvalue weighted by Crippen LogP contribution is 2.24. The minimum absolute atomic E-state index is 0.134. The van der Waals surface area contributed by atoms with Crippen LogP contribution in [-0.4, -0.2) is 34.7 Å². The molecule has 4 rings (SSSR count). The fourth-order valence-electron chi connectivity index (χ4n) is 3.36. The molecule has 2 heterocycles. The molecule has 1 saturated heterocycles. The largest absolute Gasteiger partial charge is 0.484 e. The molecule has 1 aliphatic heterocycles. The van der Waals surface area contributed by atoms with Gasteiger partial charge in [-0.2, -0.15) is 5.10 Å². The summed E-state index contributed by atoms with van der Waals surface area (Å²) in [6, 6.07) is 16.7. The summed E-state index contributed by atoms with van der Waals surface area (Å²) in [6.45, 7) is 2.48. The molecule has 1 N–H and O–H groups in total. The smallest absolute Gasteiger partial charge is 0.263 e. The number of ether oxygens (including phenoxy) is 1. The third-order valence-corrected chi connectivity index (χ3v) is 5.24. The van der Waals surface area contributed by atoms with Crippen molar-refractivity contribution in [2.24, 2.45) is 0 Å². The number of hydrogen-bond donors (Lipinski definition) is 1. The molecule has 1 aromatic heterocycles. The summed E-state index contributed by atoms with van der Waals surface area (Å²) in [5, 5.41) is 7.30. The van der Waals surface area contributed by atoms with Crippen LogP contribution in [0.3, 0.4) is 0 Å². The SMILES string of the molecule is Cc1cc(NC(=O)COc2ccc(N3CCCC3=O)cc2)n(-c2cccc(Br)c2)n1. The molecule has 0 aliphatic carbocycles. The van der Waals surface area contributed by atoms with Crippen molar-refractivity contribution in [3.8, 4) is 11.4 Å². The Hall–Kier alpha value is -3.13. The molecule has 0 atom stereocenters. The van der Waals surface area contributed by atoms with Gasteiger partial charge in [0.1, 0.15) is 11.6 Å². The van der Waals surface area contributed by atoms with Gasteiger partial charge in [0.05, 0.1) is 11.4 Å². The molecule has 2 aromatic carbocycles. The Kier molecular flexibility index (Phi) is 5.85. The summed E-state index contributed by atoms with van der Waals surface area (Å²) in [5.41, 5.74) is 2.47. The Labute approximate surface area is 182 Å². The van der Waals surface area contributed by atoms with E-state index in [1.807, 2.05) is 43.3 Å². The fraction of sp³-hybridized carbons (Fsp3) is 0.227. The number of benzene rings is 2. The van der Waals surface area contributed by atoms with Gasteiger partial charge in [-0.15, -0.1) is 0 Å². The highest BCUT2D eigenvalue weighted by molar-refractivity contribution is 9.10. The molecule has 0 spiro atoms. The highest BCUT2D eigenvalue weighted by Gasteiger charge is 2.21. The van der Waals surface area contributed by atoms with Gasteiger partial charge in [-0.25, -0.2) is 4.68 Å². The summed E-state index contributed by atoms with van der Waals surface area (Å²) in [7, 11) is 0. The van der Waals surface area contributed by atoms with Gasteiger partial charge in [0.2, 0.25) is 5.91 Å². The highest BCUT2D eigenvalue weighted by atomic mass is 79.9. The van der Waals surface area contributed by atoms with Crippen LogP contribution >= 0.6 is 15.9 Å². The maximum absolute atomic E-state index is 12.4. The maximum atomic E-state index is 12.4. The summed E-state index contributed by atoms with van der Waals surface area (Å²) >= 11 is 3.45. The van der Waals surface area contributed by atoms with E-state index in [0.29, 0.717) is 18.0 Å². The van der Waals surface area contributed by atoms with Crippen LogP contribution in [-0.2, 0) is 9.59 Å².